The van der Waals surface area contributed by atoms with Crippen LogP contribution in [0.25, 0.3) is 22.0 Å². The number of nitrogens with zero attached hydrogens (tertiary/aromatic N) is 4. The zero-order chi connectivity index (χ0) is 26.1. The number of fused-ring (bicyclic) bond motifs is 1. The summed E-state index contributed by atoms with van der Waals surface area (Å²) >= 11 is 6.85. The molecule has 2 atom stereocenters. The Morgan fingerprint density at radius 1 is 1.33 bits per heavy atom. The Labute approximate surface area is 215 Å². The number of aryl methyl sites for hydroxylation is 1. The van der Waals surface area contributed by atoms with E-state index < -0.39 is 5.82 Å². The number of methoxy groups -OCH3 is 1. The highest BCUT2D eigenvalue weighted by Crippen LogP contribution is 2.44. The average molecular weight is 507 g/mol. The Morgan fingerprint density at radius 2 is 2.03 bits per heavy atom. The minimum atomic E-state index is -0.440. The number of rotatable bonds is 5. The molecule has 1 aromatic heterocycles. The predicted molar refractivity (Wildman–Crippen MR) is 141 cm³/mol. The normalized spacial score (nSPS) is 17.7. The van der Waals surface area contributed by atoms with E-state index in [4.69, 9.17) is 16.3 Å². The van der Waals surface area contributed by atoms with Gasteiger partial charge in [0.15, 0.2) is 0 Å². The minimum Gasteiger partial charge on any atom is -0.496 e. The number of pyridine rings is 1. The lowest BCUT2D eigenvalue weighted by molar-refractivity contribution is -0.130. The molecule has 0 bridgehead atoms. The summed E-state index contributed by atoms with van der Waals surface area (Å²) in [4.78, 5) is 21.0. The topological polar surface area (TPSA) is 69.5 Å². The molecular weight excluding hydrogens is 479 g/mol. The molecule has 1 aliphatic heterocycles. The zero-order valence-corrected chi connectivity index (χ0v) is 21.6. The van der Waals surface area contributed by atoms with Gasteiger partial charge in [-0.05, 0) is 50.1 Å². The number of amides is 1. The molecule has 1 amide bonds. The lowest BCUT2D eigenvalue weighted by Gasteiger charge is -2.45. The van der Waals surface area contributed by atoms with Gasteiger partial charge in [0.25, 0.3) is 0 Å². The van der Waals surface area contributed by atoms with Crippen molar-refractivity contribution in [2.45, 2.75) is 39.3 Å². The average Bonchev–Trinajstić information content (AvgIpc) is 2.86. The maximum absolute atomic E-state index is 15.1. The number of hydrogen-bond acceptors (Lipinski definition) is 5. The maximum atomic E-state index is 15.1. The van der Waals surface area contributed by atoms with Crippen molar-refractivity contribution in [1.29, 1.82) is 5.26 Å². The molecule has 3 aromatic rings. The highest BCUT2D eigenvalue weighted by Gasteiger charge is 2.34. The van der Waals surface area contributed by atoms with Crippen molar-refractivity contribution in [2.24, 2.45) is 0 Å². The summed E-state index contributed by atoms with van der Waals surface area (Å²) in [5, 5.41) is 11.0. The number of carbonyl (C=O) groups is 1. The van der Waals surface area contributed by atoms with Crippen LogP contribution in [-0.4, -0.2) is 48.1 Å². The number of hydrogen-bond donors (Lipinski definition) is 0. The second kappa shape index (κ2) is 10.2. The SMILES string of the molecule is C=CC(=O)N1[C@H](C)CN(c2c(C#N)cnc3c(CC)c(-c4c(F)cccc4OC)c(Cl)cc23)C[C@@H]1C. The number of nitriles is 1. The number of carbonyl (C=O) groups excluding carboxylic acids is 1. The van der Waals surface area contributed by atoms with Gasteiger partial charge in [0, 0.05) is 47.3 Å². The fourth-order valence-electron chi connectivity index (χ4n) is 5.35. The van der Waals surface area contributed by atoms with Crippen LogP contribution in [0.1, 0.15) is 31.9 Å². The summed E-state index contributed by atoms with van der Waals surface area (Å²) in [5.41, 5.74) is 3.38. The van der Waals surface area contributed by atoms with Crippen molar-refractivity contribution in [1.82, 2.24) is 9.88 Å². The molecule has 1 fully saturated rings. The van der Waals surface area contributed by atoms with E-state index in [0.717, 1.165) is 16.6 Å². The third-order valence-corrected chi connectivity index (χ3v) is 7.07. The lowest BCUT2D eigenvalue weighted by atomic mass is 9.92. The fourth-order valence-corrected chi connectivity index (χ4v) is 5.67. The van der Waals surface area contributed by atoms with Crippen LogP contribution >= 0.6 is 11.6 Å². The van der Waals surface area contributed by atoms with Crippen LogP contribution in [0.4, 0.5) is 10.1 Å². The van der Waals surface area contributed by atoms with Gasteiger partial charge in [-0.15, -0.1) is 0 Å². The van der Waals surface area contributed by atoms with Crippen molar-refractivity contribution < 1.29 is 13.9 Å². The van der Waals surface area contributed by atoms with E-state index in [9.17, 15) is 10.1 Å². The number of ether oxygens (including phenoxy) is 1. The third-order valence-electron chi connectivity index (χ3n) is 6.77. The molecule has 1 aliphatic rings. The van der Waals surface area contributed by atoms with E-state index >= 15 is 4.39 Å². The Morgan fingerprint density at radius 3 is 2.61 bits per heavy atom. The van der Waals surface area contributed by atoms with E-state index in [1.165, 1.54) is 19.3 Å². The van der Waals surface area contributed by atoms with Crippen molar-refractivity contribution >= 4 is 34.1 Å². The summed E-state index contributed by atoms with van der Waals surface area (Å²) < 4.78 is 20.5. The van der Waals surface area contributed by atoms with Gasteiger partial charge in [-0.1, -0.05) is 31.2 Å². The Hall–Kier alpha value is -3.63. The molecule has 0 aliphatic carbocycles. The molecule has 186 valence electrons. The lowest BCUT2D eigenvalue weighted by Crippen LogP contribution is -2.58. The predicted octanol–water partition coefficient (Wildman–Crippen LogP) is 5.75. The van der Waals surface area contributed by atoms with Gasteiger partial charge in [-0.25, -0.2) is 4.39 Å². The van der Waals surface area contributed by atoms with Gasteiger partial charge in [-0.2, -0.15) is 5.26 Å². The molecule has 2 heterocycles. The first-order chi connectivity index (χ1) is 17.3. The first-order valence-corrected chi connectivity index (χ1v) is 12.2. The van der Waals surface area contributed by atoms with Crippen molar-refractivity contribution in [3.63, 3.8) is 0 Å². The maximum Gasteiger partial charge on any atom is 0.246 e. The number of piperazine rings is 1. The molecule has 0 saturated carbocycles. The molecule has 8 heteroatoms. The van der Waals surface area contributed by atoms with Gasteiger partial charge in [0.1, 0.15) is 17.6 Å². The van der Waals surface area contributed by atoms with E-state index in [2.05, 4.69) is 22.5 Å². The van der Waals surface area contributed by atoms with Gasteiger partial charge in [-0.3, -0.25) is 9.78 Å². The number of halogens is 2. The highest BCUT2D eigenvalue weighted by molar-refractivity contribution is 6.35. The molecule has 0 unspecified atom stereocenters. The molecule has 0 N–H and O–H groups in total. The van der Waals surface area contributed by atoms with E-state index in [1.807, 2.05) is 25.7 Å². The monoisotopic (exact) mass is 506 g/mol. The second-order valence-corrected chi connectivity index (χ2v) is 9.37. The zero-order valence-electron chi connectivity index (χ0n) is 20.8. The molecular formula is C28H28ClFN4O2. The molecule has 6 nitrogen and oxygen atoms in total. The summed E-state index contributed by atoms with van der Waals surface area (Å²) in [7, 11) is 1.49. The van der Waals surface area contributed by atoms with Crippen molar-refractivity contribution in [3.05, 3.63) is 65.1 Å². The smallest absolute Gasteiger partial charge is 0.246 e. The van der Waals surface area contributed by atoms with Crippen LogP contribution in [-0.2, 0) is 11.2 Å². The summed E-state index contributed by atoms with van der Waals surface area (Å²) in [6.45, 7) is 10.6. The van der Waals surface area contributed by atoms with E-state index in [-0.39, 0.29) is 23.6 Å². The third kappa shape index (κ3) is 4.16. The first-order valence-electron chi connectivity index (χ1n) is 11.8. The molecule has 36 heavy (non-hydrogen) atoms. The Bertz CT molecular complexity index is 1390. The number of anilines is 1. The summed E-state index contributed by atoms with van der Waals surface area (Å²) in [6, 6.07) is 8.49. The molecule has 1 saturated heterocycles. The van der Waals surface area contributed by atoms with Crippen LogP contribution in [0.3, 0.4) is 0 Å². The van der Waals surface area contributed by atoms with E-state index in [1.54, 1.807) is 24.4 Å². The van der Waals surface area contributed by atoms with Crippen LogP contribution in [0.2, 0.25) is 5.02 Å². The molecule has 0 radical (unpaired) electrons. The second-order valence-electron chi connectivity index (χ2n) is 8.96. The standard InChI is InChI=1S/C28H28ClFN4O2/c1-6-19-25(26-22(30)9-8-10-23(26)36-5)21(29)11-20-27(19)32-13-18(12-31)28(20)33-14-16(3)34(17(4)15-33)24(35)7-2/h7-11,13,16-17H,2,6,14-15H2,1,3-5H3/t16-,17+. The van der Waals surface area contributed by atoms with Crippen LogP contribution < -0.4 is 9.64 Å². The van der Waals surface area contributed by atoms with Crippen molar-refractivity contribution in [2.75, 3.05) is 25.1 Å². The van der Waals surface area contributed by atoms with Gasteiger partial charge >= 0.3 is 0 Å². The fraction of sp³-hybridized carbons (Fsp3) is 0.321. The van der Waals surface area contributed by atoms with Gasteiger partial charge < -0.3 is 14.5 Å². The number of aromatic nitrogens is 1. The van der Waals surface area contributed by atoms with E-state index in [0.29, 0.717) is 46.9 Å². The minimum absolute atomic E-state index is 0.0999. The van der Waals surface area contributed by atoms with Crippen molar-refractivity contribution in [3.8, 4) is 22.9 Å². The van der Waals surface area contributed by atoms with Crippen LogP contribution in [0.15, 0.2) is 43.1 Å². The summed E-state index contributed by atoms with van der Waals surface area (Å²) in [6.07, 6.45) is 3.43. The Kier molecular flexibility index (Phi) is 7.18. The van der Waals surface area contributed by atoms with Crippen LogP contribution in [0, 0.1) is 17.1 Å². The molecule has 2 aromatic carbocycles. The van der Waals surface area contributed by atoms with Gasteiger partial charge in [0.2, 0.25) is 5.91 Å². The number of benzene rings is 2. The molecule has 0 spiro atoms. The Balaban J connectivity index is 1.96. The quantitative estimate of drug-likeness (QED) is 0.412. The van der Waals surface area contributed by atoms with Crippen LogP contribution in [0.5, 0.6) is 5.75 Å². The first kappa shape index (κ1) is 25.5. The molecule has 4 rings (SSSR count). The highest BCUT2D eigenvalue weighted by atomic mass is 35.5. The van der Waals surface area contributed by atoms with Gasteiger partial charge in [0.05, 0.1) is 29.4 Å². The largest absolute Gasteiger partial charge is 0.496 e. The summed E-state index contributed by atoms with van der Waals surface area (Å²) in [5.74, 6) is -0.176.